The van der Waals surface area contributed by atoms with Crippen molar-refractivity contribution in [3.05, 3.63) is 83.4 Å². The summed E-state index contributed by atoms with van der Waals surface area (Å²) < 4.78 is 0. The van der Waals surface area contributed by atoms with E-state index in [0.717, 1.165) is 45.6 Å². The molecule has 5 heteroatoms. The Balaban J connectivity index is 1.34. The summed E-state index contributed by atoms with van der Waals surface area (Å²) >= 11 is 0. The zero-order valence-corrected chi connectivity index (χ0v) is 23.9. The number of rotatable bonds is 14. The van der Waals surface area contributed by atoms with Crippen LogP contribution in [0, 0.1) is 6.92 Å². The molecule has 0 aliphatic heterocycles. The molecule has 5 nitrogen and oxygen atoms in total. The number of benzene rings is 4. The van der Waals surface area contributed by atoms with Crippen LogP contribution in [0.15, 0.2) is 66.7 Å². The monoisotopic (exact) mass is 538 g/mol. The van der Waals surface area contributed by atoms with Crippen LogP contribution in [-0.2, 0) is 0 Å². The van der Waals surface area contributed by atoms with Gasteiger partial charge in [-0.3, -0.25) is 9.59 Å². The third kappa shape index (κ3) is 7.62. The lowest BCUT2D eigenvalue weighted by molar-refractivity contribution is 0.0952. The Bertz CT molecular complexity index is 1460. The van der Waals surface area contributed by atoms with E-state index in [2.05, 4.69) is 17.6 Å². The maximum absolute atomic E-state index is 13.3. The molecule has 0 aliphatic carbocycles. The second kappa shape index (κ2) is 14.5. The van der Waals surface area contributed by atoms with Crippen molar-refractivity contribution in [1.82, 2.24) is 5.32 Å². The Kier molecular flexibility index (Phi) is 10.6. The van der Waals surface area contributed by atoms with E-state index in [4.69, 9.17) is 0 Å². The fraction of sp³-hybridized carbons (Fsp3) is 0.371. The fourth-order valence-electron chi connectivity index (χ4n) is 5.25. The van der Waals surface area contributed by atoms with Gasteiger partial charge < -0.3 is 15.7 Å². The molecule has 0 bridgehead atoms. The summed E-state index contributed by atoms with van der Waals surface area (Å²) in [6.07, 6.45) is 12.6. The lowest BCUT2D eigenvalue weighted by Gasteiger charge is -2.13. The molecular formula is C35H42N2O3. The Morgan fingerprint density at radius 2 is 1.38 bits per heavy atom. The van der Waals surface area contributed by atoms with Crippen LogP contribution in [-0.4, -0.2) is 23.5 Å². The van der Waals surface area contributed by atoms with Gasteiger partial charge in [0.25, 0.3) is 11.8 Å². The minimum Gasteiger partial charge on any atom is -0.507 e. The van der Waals surface area contributed by atoms with E-state index in [-0.39, 0.29) is 17.2 Å². The standard InChI is InChI=1S/C35H42N2O3/c1-3-4-5-6-7-8-9-10-11-14-21-36-34(39)28-20-19-27-24-32(38)31(23-29(27)22-28)35(40)37-33-25(2)17-18-26-15-12-13-16-30(26)33/h12-13,15-20,22-24,38H,3-11,14,21H2,1-2H3,(H,36,39)(H,37,40). The van der Waals surface area contributed by atoms with Crippen LogP contribution in [0.2, 0.25) is 0 Å². The summed E-state index contributed by atoms with van der Waals surface area (Å²) in [5.74, 6) is -0.612. The maximum atomic E-state index is 13.3. The summed E-state index contributed by atoms with van der Waals surface area (Å²) in [6, 6.07) is 20.4. The van der Waals surface area contributed by atoms with Crippen LogP contribution in [0.1, 0.15) is 97.4 Å². The third-order valence-corrected chi connectivity index (χ3v) is 7.65. The first kappa shape index (κ1) is 29.1. The van der Waals surface area contributed by atoms with Crippen LogP contribution in [0.3, 0.4) is 0 Å². The van der Waals surface area contributed by atoms with Gasteiger partial charge >= 0.3 is 0 Å². The number of amides is 2. The molecule has 0 saturated carbocycles. The predicted molar refractivity (Wildman–Crippen MR) is 166 cm³/mol. The van der Waals surface area contributed by atoms with Crippen LogP contribution < -0.4 is 10.6 Å². The molecule has 3 N–H and O–H groups in total. The largest absolute Gasteiger partial charge is 0.507 e. The summed E-state index contributed by atoms with van der Waals surface area (Å²) in [4.78, 5) is 26.1. The average molecular weight is 539 g/mol. The van der Waals surface area contributed by atoms with Crippen molar-refractivity contribution < 1.29 is 14.7 Å². The van der Waals surface area contributed by atoms with Gasteiger partial charge in [-0.15, -0.1) is 0 Å². The highest BCUT2D eigenvalue weighted by Gasteiger charge is 2.16. The molecule has 0 radical (unpaired) electrons. The number of aromatic hydroxyl groups is 1. The number of hydrogen-bond donors (Lipinski definition) is 3. The number of anilines is 1. The van der Waals surface area contributed by atoms with E-state index in [0.29, 0.717) is 12.1 Å². The Labute approximate surface area is 238 Å². The summed E-state index contributed by atoms with van der Waals surface area (Å²) in [5, 5.41) is 20.1. The van der Waals surface area contributed by atoms with Crippen molar-refractivity contribution in [2.45, 2.75) is 78.1 Å². The van der Waals surface area contributed by atoms with Gasteiger partial charge in [0, 0.05) is 17.5 Å². The summed E-state index contributed by atoms with van der Waals surface area (Å²) in [5.41, 5.74) is 2.38. The van der Waals surface area contributed by atoms with E-state index in [1.165, 1.54) is 51.4 Å². The lowest BCUT2D eigenvalue weighted by atomic mass is 10.0. The van der Waals surface area contributed by atoms with E-state index in [9.17, 15) is 14.7 Å². The van der Waals surface area contributed by atoms with Crippen LogP contribution >= 0.6 is 0 Å². The highest BCUT2D eigenvalue weighted by Crippen LogP contribution is 2.30. The molecule has 0 unspecified atom stereocenters. The van der Waals surface area contributed by atoms with Crippen molar-refractivity contribution in [2.24, 2.45) is 0 Å². The number of hydrogen-bond acceptors (Lipinski definition) is 3. The van der Waals surface area contributed by atoms with Gasteiger partial charge in [-0.05, 0) is 59.3 Å². The van der Waals surface area contributed by atoms with E-state index in [1.54, 1.807) is 30.3 Å². The van der Waals surface area contributed by atoms with Crippen molar-refractivity contribution in [2.75, 3.05) is 11.9 Å². The van der Waals surface area contributed by atoms with Gasteiger partial charge in [0.15, 0.2) is 0 Å². The quantitative estimate of drug-likeness (QED) is 0.140. The average Bonchev–Trinajstić information content (AvgIpc) is 2.96. The SMILES string of the molecule is CCCCCCCCCCCCNC(=O)c1ccc2cc(O)c(C(=O)Nc3c(C)ccc4ccccc34)cc2c1. The van der Waals surface area contributed by atoms with Crippen LogP contribution in [0.5, 0.6) is 5.75 Å². The molecule has 0 saturated heterocycles. The van der Waals surface area contributed by atoms with E-state index < -0.39 is 5.91 Å². The summed E-state index contributed by atoms with van der Waals surface area (Å²) in [7, 11) is 0. The van der Waals surface area contributed by atoms with Crippen LogP contribution in [0.25, 0.3) is 21.5 Å². The van der Waals surface area contributed by atoms with Crippen molar-refractivity contribution in [3.8, 4) is 5.75 Å². The van der Waals surface area contributed by atoms with E-state index in [1.807, 2.05) is 43.3 Å². The second-order valence-electron chi connectivity index (χ2n) is 10.8. The first-order valence-corrected chi connectivity index (χ1v) is 14.8. The third-order valence-electron chi connectivity index (χ3n) is 7.65. The minimum atomic E-state index is -0.394. The number of phenolic OH excluding ortho intramolecular Hbond substituents is 1. The van der Waals surface area contributed by atoms with Crippen molar-refractivity contribution in [3.63, 3.8) is 0 Å². The van der Waals surface area contributed by atoms with Crippen molar-refractivity contribution in [1.29, 1.82) is 0 Å². The molecular weight excluding hydrogens is 496 g/mol. The molecule has 0 spiro atoms. The molecule has 4 rings (SSSR count). The number of fused-ring (bicyclic) bond motifs is 2. The Morgan fingerprint density at radius 1 is 0.700 bits per heavy atom. The molecule has 0 fully saturated rings. The molecule has 0 aromatic heterocycles. The number of phenols is 1. The van der Waals surface area contributed by atoms with Crippen molar-refractivity contribution >= 4 is 39.0 Å². The molecule has 0 aliphatic rings. The zero-order chi connectivity index (χ0) is 28.3. The molecule has 0 heterocycles. The van der Waals surface area contributed by atoms with Crippen LogP contribution in [0.4, 0.5) is 5.69 Å². The van der Waals surface area contributed by atoms with Gasteiger partial charge in [-0.2, -0.15) is 0 Å². The minimum absolute atomic E-state index is 0.0962. The fourth-order valence-corrected chi connectivity index (χ4v) is 5.25. The number of unbranched alkanes of at least 4 members (excludes halogenated alkanes) is 9. The number of carbonyl (C=O) groups excluding carboxylic acids is 2. The summed E-state index contributed by atoms with van der Waals surface area (Å²) in [6.45, 7) is 4.85. The molecule has 2 amide bonds. The first-order chi connectivity index (χ1) is 19.5. The smallest absolute Gasteiger partial charge is 0.259 e. The predicted octanol–water partition coefficient (Wildman–Crippen LogP) is 8.91. The van der Waals surface area contributed by atoms with Gasteiger partial charge in [0.2, 0.25) is 0 Å². The topological polar surface area (TPSA) is 78.4 Å². The molecule has 210 valence electrons. The number of carbonyl (C=O) groups is 2. The Hall–Kier alpha value is -3.86. The zero-order valence-electron chi connectivity index (χ0n) is 23.9. The van der Waals surface area contributed by atoms with Gasteiger partial charge in [-0.25, -0.2) is 0 Å². The number of nitrogens with one attached hydrogen (secondary N) is 2. The van der Waals surface area contributed by atoms with Gasteiger partial charge in [0.1, 0.15) is 5.75 Å². The molecule has 4 aromatic carbocycles. The Morgan fingerprint density at radius 3 is 2.12 bits per heavy atom. The first-order valence-electron chi connectivity index (χ1n) is 14.8. The lowest BCUT2D eigenvalue weighted by Crippen LogP contribution is -2.24. The second-order valence-corrected chi connectivity index (χ2v) is 10.8. The highest BCUT2D eigenvalue weighted by atomic mass is 16.3. The maximum Gasteiger partial charge on any atom is 0.259 e. The molecule has 4 aromatic rings. The molecule has 40 heavy (non-hydrogen) atoms. The van der Waals surface area contributed by atoms with Gasteiger partial charge in [-0.1, -0.05) is 107 Å². The normalized spacial score (nSPS) is 11.2. The highest BCUT2D eigenvalue weighted by molar-refractivity contribution is 6.13. The number of aryl methyl sites for hydroxylation is 1. The van der Waals surface area contributed by atoms with Gasteiger partial charge in [0.05, 0.1) is 11.3 Å². The molecule has 0 atom stereocenters. The van der Waals surface area contributed by atoms with E-state index >= 15 is 0 Å².